The molecule has 7 nitrogen and oxygen atoms in total. The molecule has 1 aliphatic heterocycles. The zero-order valence-electron chi connectivity index (χ0n) is 16.5. The number of hydrogen-bond acceptors (Lipinski definition) is 6. The Hall–Kier alpha value is -2.78. The van der Waals surface area contributed by atoms with Crippen LogP contribution in [0.3, 0.4) is 0 Å². The normalized spacial score (nSPS) is 17.7. The van der Waals surface area contributed by atoms with E-state index < -0.39 is 10.0 Å². The van der Waals surface area contributed by atoms with E-state index in [0.717, 1.165) is 6.42 Å². The molecule has 1 atom stereocenters. The summed E-state index contributed by atoms with van der Waals surface area (Å²) in [6.45, 7) is 3.09. The maximum atomic E-state index is 13.1. The Balaban J connectivity index is 1.51. The van der Waals surface area contributed by atoms with Crippen molar-refractivity contribution < 1.29 is 22.0 Å². The molecule has 0 saturated carbocycles. The average molecular weight is 431 g/mol. The van der Waals surface area contributed by atoms with Crippen LogP contribution in [0.5, 0.6) is 5.75 Å². The topological polar surface area (TPSA) is 85.5 Å². The number of hydrogen-bond donors (Lipinski definition) is 0. The molecule has 0 radical (unpaired) electrons. The highest BCUT2D eigenvalue weighted by Gasteiger charge is 2.33. The largest absolute Gasteiger partial charge is 0.494 e. The summed E-state index contributed by atoms with van der Waals surface area (Å²) < 4.78 is 51.9. The van der Waals surface area contributed by atoms with Crippen LogP contribution in [-0.4, -0.2) is 42.6 Å². The molecule has 2 heterocycles. The summed E-state index contributed by atoms with van der Waals surface area (Å²) in [4.78, 5) is 0.226. The van der Waals surface area contributed by atoms with E-state index in [-0.39, 0.29) is 29.1 Å². The second kappa shape index (κ2) is 8.53. The molecular weight excluding hydrogens is 409 g/mol. The summed E-state index contributed by atoms with van der Waals surface area (Å²) in [5, 5.41) is 8.15. The number of piperidine rings is 1. The Bertz CT molecular complexity index is 1100. The fourth-order valence-electron chi connectivity index (χ4n) is 3.49. The van der Waals surface area contributed by atoms with E-state index in [0.29, 0.717) is 36.8 Å². The summed E-state index contributed by atoms with van der Waals surface area (Å²) in [7, 11) is -3.64. The molecule has 0 aliphatic carbocycles. The van der Waals surface area contributed by atoms with E-state index in [1.807, 2.05) is 6.92 Å². The lowest BCUT2D eigenvalue weighted by Gasteiger charge is -2.30. The average Bonchev–Trinajstić information content (AvgIpc) is 3.25. The maximum Gasteiger partial charge on any atom is 0.247 e. The number of rotatable bonds is 6. The first-order valence-corrected chi connectivity index (χ1v) is 11.2. The van der Waals surface area contributed by atoms with Crippen LogP contribution in [0.25, 0.3) is 11.5 Å². The van der Waals surface area contributed by atoms with E-state index in [1.165, 1.54) is 16.4 Å². The number of benzene rings is 2. The van der Waals surface area contributed by atoms with E-state index in [4.69, 9.17) is 9.15 Å². The lowest BCUT2D eigenvalue weighted by molar-refractivity contribution is 0.286. The fourth-order valence-corrected chi connectivity index (χ4v) is 5.02. The lowest BCUT2D eigenvalue weighted by atomic mass is 10.00. The summed E-state index contributed by atoms with van der Waals surface area (Å²) in [6.07, 6.45) is 1.44. The van der Waals surface area contributed by atoms with Gasteiger partial charge in [-0.15, -0.1) is 10.2 Å². The summed E-state index contributed by atoms with van der Waals surface area (Å²) in [6, 6.07) is 12.2. The zero-order chi connectivity index (χ0) is 21.1. The van der Waals surface area contributed by atoms with Gasteiger partial charge in [0.05, 0.1) is 17.4 Å². The number of aromatic nitrogens is 2. The number of sulfonamides is 1. The van der Waals surface area contributed by atoms with Gasteiger partial charge in [0, 0.05) is 18.7 Å². The van der Waals surface area contributed by atoms with Crippen molar-refractivity contribution in [2.75, 3.05) is 19.7 Å². The Labute approximate surface area is 174 Å². The van der Waals surface area contributed by atoms with Crippen molar-refractivity contribution in [3.8, 4) is 17.2 Å². The van der Waals surface area contributed by atoms with Crippen molar-refractivity contribution in [3.63, 3.8) is 0 Å². The first-order chi connectivity index (χ1) is 14.5. The number of ether oxygens (including phenoxy) is 1. The highest BCUT2D eigenvalue weighted by atomic mass is 32.2. The SMILES string of the molecule is CCOc1ccc(S(=O)(=O)N2CCC[C@@H](c3nnc(-c4ccc(F)cc4)o3)C2)cc1. The second-order valence-corrected chi connectivity index (χ2v) is 9.00. The van der Waals surface area contributed by atoms with E-state index >= 15 is 0 Å². The van der Waals surface area contributed by atoms with Crippen molar-refractivity contribution in [2.24, 2.45) is 0 Å². The molecule has 158 valence electrons. The van der Waals surface area contributed by atoms with Crippen LogP contribution in [-0.2, 0) is 10.0 Å². The summed E-state index contributed by atoms with van der Waals surface area (Å²) >= 11 is 0. The molecule has 1 saturated heterocycles. The molecule has 1 aromatic heterocycles. The van der Waals surface area contributed by atoms with Crippen LogP contribution >= 0.6 is 0 Å². The van der Waals surface area contributed by atoms with Crippen LogP contribution in [0.15, 0.2) is 57.8 Å². The maximum absolute atomic E-state index is 13.1. The van der Waals surface area contributed by atoms with Gasteiger partial charge in [0.2, 0.25) is 21.8 Å². The molecule has 0 spiro atoms. The minimum Gasteiger partial charge on any atom is -0.494 e. The molecule has 30 heavy (non-hydrogen) atoms. The van der Waals surface area contributed by atoms with Crippen LogP contribution in [0.1, 0.15) is 31.6 Å². The predicted octanol–water partition coefficient (Wildman–Crippen LogP) is 3.84. The molecule has 1 aliphatic rings. The standard InChI is InChI=1S/C21H22FN3O4S/c1-2-28-18-9-11-19(12-10-18)30(26,27)25-13-3-4-16(14-25)21-24-23-20(29-21)15-5-7-17(22)8-6-15/h5-12,16H,2-4,13-14H2,1H3/t16-/m1/s1. The van der Waals surface area contributed by atoms with E-state index in [1.54, 1.807) is 36.4 Å². The van der Waals surface area contributed by atoms with Crippen molar-refractivity contribution in [1.29, 1.82) is 0 Å². The Morgan fingerprint density at radius 2 is 1.87 bits per heavy atom. The van der Waals surface area contributed by atoms with Gasteiger partial charge in [-0.3, -0.25) is 0 Å². The third kappa shape index (κ3) is 4.22. The van der Waals surface area contributed by atoms with E-state index in [2.05, 4.69) is 10.2 Å². The van der Waals surface area contributed by atoms with Crippen molar-refractivity contribution >= 4 is 10.0 Å². The third-order valence-electron chi connectivity index (χ3n) is 5.04. The molecule has 0 amide bonds. The van der Waals surface area contributed by atoms with Gasteiger partial charge in [0.15, 0.2) is 0 Å². The highest BCUT2D eigenvalue weighted by molar-refractivity contribution is 7.89. The smallest absolute Gasteiger partial charge is 0.247 e. The number of nitrogens with zero attached hydrogens (tertiary/aromatic N) is 3. The fraction of sp³-hybridized carbons (Fsp3) is 0.333. The van der Waals surface area contributed by atoms with Gasteiger partial charge in [-0.1, -0.05) is 0 Å². The van der Waals surface area contributed by atoms with Crippen molar-refractivity contribution in [3.05, 3.63) is 60.2 Å². The van der Waals surface area contributed by atoms with Gasteiger partial charge < -0.3 is 9.15 Å². The molecule has 4 rings (SSSR count). The van der Waals surface area contributed by atoms with Crippen LogP contribution in [0.2, 0.25) is 0 Å². The van der Waals surface area contributed by atoms with Gasteiger partial charge in [0.1, 0.15) is 11.6 Å². The zero-order valence-corrected chi connectivity index (χ0v) is 17.3. The van der Waals surface area contributed by atoms with E-state index in [9.17, 15) is 12.8 Å². The Morgan fingerprint density at radius 1 is 1.13 bits per heavy atom. The van der Waals surface area contributed by atoms with Crippen molar-refractivity contribution in [2.45, 2.75) is 30.6 Å². The highest BCUT2D eigenvalue weighted by Crippen LogP contribution is 2.31. The Morgan fingerprint density at radius 3 is 2.57 bits per heavy atom. The van der Waals surface area contributed by atoms with Gasteiger partial charge in [-0.25, -0.2) is 12.8 Å². The van der Waals surface area contributed by atoms with Crippen LogP contribution in [0.4, 0.5) is 4.39 Å². The molecular formula is C21H22FN3O4S. The van der Waals surface area contributed by atoms with Gasteiger partial charge in [-0.2, -0.15) is 4.31 Å². The predicted molar refractivity (Wildman–Crippen MR) is 108 cm³/mol. The molecule has 0 unspecified atom stereocenters. The monoisotopic (exact) mass is 431 g/mol. The molecule has 3 aromatic rings. The first-order valence-electron chi connectivity index (χ1n) is 9.79. The van der Waals surface area contributed by atoms with Gasteiger partial charge in [-0.05, 0) is 68.3 Å². The molecule has 1 fully saturated rings. The Kier molecular flexibility index (Phi) is 5.83. The third-order valence-corrected chi connectivity index (χ3v) is 6.92. The second-order valence-electron chi connectivity index (χ2n) is 7.06. The minimum absolute atomic E-state index is 0.196. The summed E-state index contributed by atoms with van der Waals surface area (Å²) in [5.74, 6) is 0.767. The first kappa shape index (κ1) is 20.5. The lowest BCUT2D eigenvalue weighted by Crippen LogP contribution is -2.39. The minimum atomic E-state index is -3.64. The van der Waals surface area contributed by atoms with Gasteiger partial charge in [0.25, 0.3) is 0 Å². The van der Waals surface area contributed by atoms with Gasteiger partial charge >= 0.3 is 0 Å². The molecule has 9 heteroatoms. The summed E-state index contributed by atoms with van der Waals surface area (Å²) in [5.41, 5.74) is 0.616. The number of halogens is 1. The van der Waals surface area contributed by atoms with Crippen molar-refractivity contribution in [1.82, 2.24) is 14.5 Å². The molecule has 0 N–H and O–H groups in total. The van der Waals surface area contributed by atoms with Crippen LogP contribution in [0, 0.1) is 5.82 Å². The molecule has 0 bridgehead atoms. The quantitative estimate of drug-likeness (QED) is 0.589. The molecule has 2 aromatic carbocycles. The van der Waals surface area contributed by atoms with Crippen LogP contribution < -0.4 is 4.74 Å².